The van der Waals surface area contributed by atoms with Crippen molar-refractivity contribution < 1.29 is 14.3 Å². The molecule has 1 aromatic carbocycles. The average Bonchev–Trinajstić information content (AvgIpc) is 3.04. The highest BCUT2D eigenvalue weighted by atomic mass is 79.9. The molecule has 25 heavy (non-hydrogen) atoms. The van der Waals surface area contributed by atoms with Crippen molar-refractivity contribution in [3.8, 4) is 11.8 Å². The van der Waals surface area contributed by atoms with Gasteiger partial charge in [0.1, 0.15) is 18.4 Å². The first-order valence-electron chi connectivity index (χ1n) is 7.97. The standard InChI is InChI=1S/C18H18BrN3O3/c1-12(11-20)18(23)16-8-13-9-17(14(19)10-15(13)21-16)25-7-4-22-2-5-24-6-3-22/h8-10,21H,1-7H2. The fraction of sp³-hybridized carbons (Fsp3) is 0.333. The summed E-state index contributed by atoms with van der Waals surface area (Å²) in [5.74, 6) is 0.322. The van der Waals surface area contributed by atoms with Gasteiger partial charge in [0.15, 0.2) is 0 Å². The van der Waals surface area contributed by atoms with Gasteiger partial charge in [-0.2, -0.15) is 5.26 Å². The fourth-order valence-electron chi connectivity index (χ4n) is 2.69. The van der Waals surface area contributed by atoms with Crippen LogP contribution >= 0.6 is 15.9 Å². The van der Waals surface area contributed by atoms with Crippen molar-refractivity contribution in [2.75, 3.05) is 39.5 Å². The van der Waals surface area contributed by atoms with Gasteiger partial charge in [-0.25, -0.2) is 0 Å². The molecule has 2 aromatic rings. The molecule has 6 nitrogen and oxygen atoms in total. The molecule has 0 spiro atoms. The Labute approximate surface area is 154 Å². The summed E-state index contributed by atoms with van der Waals surface area (Å²) >= 11 is 3.50. The van der Waals surface area contributed by atoms with E-state index in [1.54, 1.807) is 12.1 Å². The summed E-state index contributed by atoms with van der Waals surface area (Å²) in [4.78, 5) is 17.4. The summed E-state index contributed by atoms with van der Waals surface area (Å²) in [5, 5.41) is 9.66. The van der Waals surface area contributed by atoms with Crippen molar-refractivity contribution in [3.63, 3.8) is 0 Å². The van der Waals surface area contributed by atoms with E-state index in [2.05, 4.69) is 32.4 Å². The van der Waals surface area contributed by atoms with E-state index < -0.39 is 5.78 Å². The molecule has 1 N–H and O–H groups in total. The van der Waals surface area contributed by atoms with E-state index in [-0.39, 0.29) is 5.57 Å². The van der Waals surface area contributed by atoms with E-state index in [4.69, 9.17) is 14.7 Å². The lowest BCUT2D eigenvalue weighted by Crippen LogP contribution is -2.38. The van der Waals surface area contributed by atoms with E-state index >= 15 is 0 Å². The van der Waals surface area contributed by atoms with Crippen LogP contribution in [0.5, 0.6) is 5.75 Å². The number of ether oxygens (including phenoxy) is 2. The Morgan fingerprint density at radius 2 is 2.16 bits per heavy atom. The molecule has 1 saturated heterocycles. The zero-order chi connectivity index (χ0) is 17.8. The second-order valence-corrected chi connectivity index (χ2v) is 6.63. The number of Topliss-reactive ketones (excluding diaryl/α,β-unsaturated/α-hetero) is 1. The van der Waals surface area contributed by atoms with Crippen molar-refractivity contribution >= 4 is 32.6 Å². The van der Waals surface area contributed by atoms with Gasteiger partial charge in [0.25, 0.3) is 0 Å². The average molecular weight is 404 g/mol. The third kappa shape index (κ3) is 4.10. The first-order chi connectivity index (χ1) is 12.1. The molecule has 1 aliphatic rings. The number of nitrogens with zero attached hydrogens (tertiary/aromatic N) is 2. The van der Waals surface area contributed by atoms with E-state index in [1.165, 1.54) is 0 Å². The van der Waals surface area contributed by atoms with Crippen LogP contribution in [0.25, 0.3) is 10.9 Å². The molecule has 0 bridgehead atoms. The van der Waals surface area contributed by atoms with Crippen LogP contribution in [-0.2, 0) is 4.74 Å². The van der Waals surface area contributed by atoms with Gasteiger partial charge in [0, 0.05) is 30.5 Å². The lowest BCUT2D eigenvalue weighted by molar-refractivity contribution is 0.0322. The van der Waals surface area contributed by atoms with E-state index in [0.29, 0.717) is 12.3 Å². The number of allylic oxidation sites excluding steroid dienone is 1. The number of nitrogens with one attached hydrogen (secondary N) is 1. The molecule has 1 aromatic heterocycles. The third-order valence-electron chi connectivity index (χ3n) is 4.10. The number of benzene rings is 1. The SMILES string of the molecule is C=C(C#N)C(=O)c1cc2cc(OCCN3CCOCC3)c(Br)cc2[nH]1. The maximum atomic E-state index is 12.1. The number of H-pyrrole nitrogens is 1. The molecule has 2 heterocycles. The zero-order valence-electron chi connectivity index (χ0n) is 13.7. The van der Waals surface area contributed by atoms with Crippen LogP contribution < -0.4 is 4.74 Å². The molecule has 0 amide bonds. The molecule has 1 aliphatic heterocycles. The van der Waals surface area contributed by atoms with Gasteiger partial charge in [-0.1, -0.05) is 6.58 Å². The second kappa shape index (κ2) is 7.83. The zero-order valence-corrected chi connectivity index (χ0v) is 15.3. The molecule has 130 valence electrons. The van der Waals surface area contributed by atoms with Crippen LogP contribution in [0.15, 0.2) is 34.8 Å². The van der Waals surface area contributed by atoms with Crippen LogP contribution in [0.4, 0.5) is 0 Å². The van der Waals surface area contributed by atoms with E-state index in [9.17, 15) is 4.79 Å². The summed E-state index contributed by atoms with van der Waals surface area (Å²) in [6.07, 6.45) is 0. The molecule has 0 unspecified atom stereocenters. The smallest absolute Gasteiger partial charge is 0.219 e. The summed E-state index contributed by atoms with van der Waals surface area (Å²) in [6.45, 7) is 8.26. The number of nitriles is 1. The lowest BCUT2D eigenvalue weighted by atomic mass is 10.1. The Kier molecular flexibility index (Phi) is 5.53. The second-order valence-electron chi connectivity index (χ2n) is 5.77. The number of carbonyl (C=O) groups excluding carboxylic acids is 1. The first-order valence-corrected chi connectivity index (χ1v) is 8.76. The highest BCUT2D eigenvalue weighted by molar-refractivity contribution is 9.10. The van der Waals surface area contributed by atoms with Gasteiger partial charge >= 0.3 is 0 Å². The Morgan fingerprint density at radius 3 is 2.88 bits per heavy atom. The number of fused-ring (bicyclic) bond motifs is 1. The summed E-state index contributed by atoms with van der Waals surface area (Å²) in [6, 6.07) is 7.23. The summed E-state index contributed by atoms with van der Waals surface area (Å²) in [7, 11) is 0. The Hall–Kier alpha value is -2.14. The van der Waals surface area contributed by atoms with Gasteiger partial charge in [-0.15, -0.1) is 0 Å². The Bertz CT molecular complexity index is 847. The van der Waals surface area contributed by atoms with Crippen molar-refractivity contribution in [2.24, 2.45) is 0 Å². The number of halogens is 1. The predicted molar refractivity (Wildman–Crippen MR) is 97.8 cm³/mol. The first kappa shape index (κ1) is 17.7. The van der Waals surface area contributed by atoms with Crippen LogP contribution in [0, 0.1) is 11.3 Å². The topological polar surface area (TPSA) is 78.3 Å². The number of hydrogen-bond donors (Lipinski definition) is 1. The molecule has 0 saturated carbocycles. The molecular formula is C18H18BrN3O3. The molecule has 0 aliphatic carbocycles. The normalized spacial score (nSPS) is 15.0. The molecular weight excluding hydrogens is 386 g/mol. The number of morpholine rings is 1. The van der Waals surface area contributed by atoms with Crippen LogP contribution in [0.3, 0.4) is 0 Å². The van der Waals surface area contributed by atoms with Crippen molar-refractivity contribution in [3.05, 3.63) is 40.5 Å². The number of rotatable bonds is 6. The Morgan fingerprint density at radius 1 is 1.40 bits per heavy atom. The quantitative estimate of drug-likeness (QED) is 0.455. The summed E-state index contributed by atoms with van der Waals surface area (Å²) in [5.41, 5.74) is 1.05. The van der Waals surface area contributed by atoms with Gasteiger partial charge in [-0.05, 0) is 34.1 Å². The van der Waals surface area contributed by atoms with Crippen molar-refractivity contribution in [1.29, 1.82) is 5.26 Å². The maximum absolute atomic E-state index is 12.1. The lowest BCUT2D eigenvalue weighted by Gasteiger charge is -2.26. The van der Waals surface area contributed by atoms with Gasteiger partial charge in [0.2, 0.25) is 5.78 Å². The van der Waals surface area contributed by atoms with E-state index in [1.807, 2.05) is 12.1 Å². The minimum absolute atomic E-state index is 0.0902. The van der Waals surface area contributed by atoms with Gasteiger partial charge in [-0.3, -0.25) is 9.69 Å². The minimum atomic E-state index is -0.399. The number of ketones is 1. The van der Waals surface area contributed by atoms with E-state index in [0.717, 1.165) is 54.0 Å². The van der Waals surface area contributed by atoms with Crippen molar-refractivity contribution in [2.45, 2.75) is 0 Å². The highest BCUT2D eigenvalue weighted by Gasteiger charge is 2.15. The molecule has 3 rings (SSSR count). The summed E-state index contributed by atoms with van der Waals surface area (Å²) < 4.78 is 12.0. The predicted octanol–water partition coefficient (Wildman–Crippen LogP) is 2.90. The van der Waals surface area contributed by atoms with Crippen molar-refractivity contribution in [1.82, 2.24) is 9.88 Å². The van der Waals surface area contributed by atoms with Crippen LogP contribution in [0.1, 0.15) is 10.5 Å². The number of hydrogen-bond acceptors (Lipinski definition) is 5. The maximum Gasteiger partial charge on any atom is 0.219 e. The number of carbonyl (C=O) groups is 1. The van der Waals surface area contributed by atoms with Crippen LogP contribution in [-0.4, -0.2) is 55.1 Å². The van der Waals surface area contributed by atoms with Gasteiger partial charge < -0.3 is 14.5 Å². The number of aromatic nitrogens is 1. The third-order valence-corrected chi connectivity index (χ3v) is 4.72. The van der Waals surface area contributed by atoms with Gasteiger partial charge in [0.05, 0.1) is 29.0 Å². The Balaban J connectivity index is 1.71. The fourth-order valence-corrected chi connectivity index (χ4v) is 3.15. The number of aromatic amines is 1. The minimum Gasteiger partial charge on any atom is -0.491 e. The highest BCUT2D eigenvalue weighted by Crippen LogP contribution is 2.31. The molecule has 0 radical (unpaired) electrons. The molecule has 0 atom stereocenters. The largest absolute Gasteiger partial charge is 0.491 e. The van der Waals surface area contributed by atoms with Crippen LogP contribution in [0.2, 0.25) is 0 Å². The molecule has 1 fully saturated rings. The molecule has 7 heteroatoms. The monoisotopic (exact) mass is 403 g/mol.